The molecule has 0 heterocycles. The van der Waals surface area contributed by atoms with Crippen LogP contribution in [0.5, 0.6) is 0 Å². The summed E-state index contributed by atoms with van der Waals surface area (Å²) in [6.07, 6.45) is 22.3. The summed E-state index contributed by atoms with van der Waals surface area (Å²) in [5.74, 6) is 0. The second kappa shape index (κ2) is 28.9. The smallest absolute Gasteiger partial charge is 0.390 e. The molecule has 38 heavy (non-hydrogen) atoms. The van der Waals surface area contributed by atoms with Crippen LogP contribution >= 0.6 is 15.1 Å². The molecule has 1 unspecified atom stereocenters. The van der Waals surface area contributed by atoms with Crippen molar-refractivity contribution in [2.24, 2.45) is 0 Å². The van der Waals surface area contributed by atoms with Gasteiger partial charge in [0.25, 0.3) is 0 Å². The highest BCUT2D eigenvalue weighted by Gasteiger charge is 2.34. The average Bonchev–Trinajstić information content (AvgIpc) is 2.85. The fourth-order valence-corrected chi connectivity index (χ4v) is 7.89. The zero-order valence-electron chi connectivity index (χ0n) is 25.2. The van der Waals surface area contributed by atoms with Gasteiger partial charge in [0.05, 0.1) is 63.8 Å². The summed E-state index contributed by atoms with van der Waals surface area (Å²) in [6, 6.07) is 0. The van der Waals surface area contributed by atoms with Crippen molar-refractivity contribution in [3.63, 3.8) is 0 Å². The van der Waals surface area contributed by atoms with Crippen LogP contribution in [-0.2, 0) is 18.8 Å². The van der Waals surface area contributed by atoms with Gasteiger partial charge in [-0.2, -0.15) is 0 Å². The predicted octanol–water partition coefficient (Wildman–Crippen LogP) is 6.64. The van der Waals surface area contributed by atoms with E-state index in [0.29, 0.717) is 26.4 Å². The van der Waals surface area contributed by atoms with Crippen LogP contribution in [0.3, 0.4) is 0 Å². The molecule has 0 radical (unpaired) electrons. The van der Waals surface area contributed by atoms with Crippen LogP contribution in [-0.4, -0.2) is 90.2 Å². The Morgan fingerprint density at radius 2 is 0.947 bits per heavy atom. The first-order chi connectivity index (χ1) is 18.1. The summed E-state index contributed by atoms with van der Waals surface area (Å²) < 4.78 is 26.0. The van der Waals surface area contributed by atoms with E-state index in [0.717, 1.165) is 25.5 Å². The summed E-state index contributed by atoms with van der Waals surface area (Å²) in [5.41, 5.74) is 0. The normalized spacial score (nSPS) is 12.8. The van der Waals surface area contributed by atoms with E-state index in [1.54, 1.807) is 0 Å². The Bertz CT molecular complexity index is 505. The molecule has 0 aliphatic rings. The third-order valence-electron chi connectivity index (χ3n) is 6.84. The summed E-state index contributed by atoms with van der Waals surface area (Å²) >= 11 is 0. The number of phosphoric acid groups is 1. The van der Waals surface area contributed by atoms with Crippen LogP contribution in [0.1, 0.15) is 111 Å². The minimum atomic E-state index is -4.64. The van der Waals surface area contributed by atoms with Crippen LogP contribution < -0.4 is 0 Å². The van der Waals surface area contributed by atoms with Gasteiger partial charge in [0.2, 0.25) is 0 Å². The number of aliphatic hydroxyl groups is 1. The summed E-state index contributed by atoms with van der Waals surface area (Å²) in [5, 5.41) is 9.78. The van der Waals surface area contributed by atoms with E-state index < -0.39 is 15.1 Å². The molecule has 0 fully saturated rings. The molecule has 0 aromatic rings. The highest BCUT2D eigenvalue weighted by atomic mass is 31.2. The van der Waals surface area contributed by atoms with E-state index in [4.69, 9.17) is 33.5 Å². The third kappa shape index (κ3) is 34.4. The molecule has 232 valence electrons. The van der Waals surface area contributed by atoms with Gasteiger partial charge in [-0.15, -0.1) is 0 Å². The summed E-state index contributed by atoms with van der Waals surface area (Å²) in [7, 11) is -5.68. The Morgan fingerprint density at radius 3 is 1.32 bits per heavy atom. The van der Waals surface area contributed by atoms with Gasteiger partial charge in [0.1, 0.15) is 0 Å². The van der Waals surface area contributed by atoms with Crippen molar-refractivity contribution in [2.75, 3.05) is 64.3 Å². The second-order valence-corrected chi connectivity index (χ2v) is 16.1. The standard InChI is InChI=1S/C28H60O4P.H3O4P/c1-5-8-9-10-11-12-13-14-15-16-17-18-19-20-30-21-22-31-23-24-32-25-26-33(6-2,7-3)27-28(4)29;1-5(2,3)4/h28-29H,5-27H2,1-4H3;(H3,1,2,3,4)/q+1;. The Balaban J connectivity index is 0. The number of hydrogen-bond acceptors (Lipinski definition) is 5. The Hall–Kier alpha value is 0.380. The maximum atomic E-state index is 9.78. The van der Waals surface area contributed by atoms with Crippen molar-refractivity contribution >= 4 is 15.1 Å². The van der Waals surface area contributed by atoms with Gasteiger partial charge >= 0.3 is 7.82 Å². The Morgan fingerprint density at radius 1 is 0.605 bits per heavy atom. The van der Waals surface area contributed by atoms with Crippen LogP contribution in [0.2, 0.25) is 0 Å². The molecule has 0 spiro atoms. The van der Waals surface area contributed by atoms with Gasteiger partial charge in [-0.3, -0.25) is 0 Å². The molecule has 0 aromatic heterocycles. The van der Waals surface area contributed by atoms with Gasteiger partial charge in [-0.25, -0.2) is 4.57 Å². The Kier molecular flexibility index (Phi) is 30.8. The molecule has 8 nitrogen and oxygen atoms in total. The van der Waals surface area contributed by atoms with E-state index in [9.17, 15) is 5.11 Å². The fourth-order valence-electron chi connectivity index (χ4n) is 4.47. The molecule has 10 heteroatoms. The molecule has 0 saturated carbocycles. The quantitative estimate of drug-likeness (QED) is 0.0621. The highest BCUT2D eigenvalue weighted by Crippen LogP contribution is 2.58. The van der Waals surface area contributed by atoms with E-state index in [-0.39, 0.29) is 6.10 Å². The lowest BCUT2D eigenvalue weighted by molar-refractivity contribution is 0.0165. The lowest BCUT2D eigenvalue weighted by Gasteiger charge is -2.26. The van der Waals surface area contributed by atoms with Gasteiger partial charge in [0, 0.05) is 13.9 Å². The van der Waals surface area contributed by atoms with Gasteiger partial charge < -0.3 is 34.0 Å². The largest absolute Gasteiger partial charge is 0.466 e. The van der Waals surface area contributed by atoms with E-state index in [1.807, 2.05) is 6.92 Å². The monoisotopic (exact) mass is 589 g/mol. The molecule has 0 aromatic carbocycles. The first-order valence-corrected chi connectivity index (χ1v) is 19.2. The van der Waals surface area contributed by atoms with Crippen LogP contribution in [0, 0.1) is 0 Å². The number of rotatable bonds is 27. The Labute approximate surface area is 235 Å². The summed E-state index contributed by atoms with van der Waals surface area (Å²) in [6.45, 7) is 13.0. The van der Waals surface area contributed by atoms with Crippen molar-refractivity contribution in [1.29, 1.82) is 0 Å². The van der Waals surface area contributed by atoms with Crippen LogP contribution in [0.4, 0.5) is 0 Å². The SMILES string of the molecule is CCCCCCCCCCCCCCCOCCOCCOCC[P+](CC)(CC)CC(C)O.O=P(O)(O)O. The molecule has 0 aliphatic heterocycles. The molecular weight excluding hydrogens is 526 g/mol. The molecule has 0 rings (SSSR count). The predicted molar refractivity (Wildman–Crippen MR) is 162 cm³/mol. The van der Waals surface area contributed by atoms with Crippen molar-refractivity contribution in [2.45, 2.75) is 117 Å². The van der Waals surface area contributed by atoms with Crippen LogP contribution in [0.15, 0.2) is 0 Å². The maximum absolute atomic E-state index is 9.78. The zero-order chi connectivity index (χ0) is 29.0. The molecule has 1 atom stereocenters. The van der Waals surface area contributed by atoms with Crippen molar-refractivity contribution < 1.29 is 38.6 Å². The van der Waals surface area contributed by atoms with Gasteiger partial charge in [-0.1, -0.05) is 84.0 Å². The van der Waals surface area contributed by atoms with Crippen LogP contribution in [0.25, 0.3) is 0 Å². The topological polar surface area (TPSA) is 126 Å². The first-order valence-electron chi connectivity index (χ1n) is 15.1. The van der Waals surface area contributed by atoms with E-state index in [1.165, 1.54) is 95.8 Å². The molecular formula is C28H63O8P2+. The lowest BCUT2D eigenvalue weighted by atomic mass is 10.0. The molecule has 0 aliphatic carbocycles. The second-order valence-electron chi connectivity index (χ2n) is 10.3. The van der Waals surface area contributed by atoms with Gasteiger partial charge in [-0.05, 0) is 27.2 Å². The molecule has 0 bridgehead atoms. The fraction of sp³-hybridized carbons (Fsp3) is 1.00. The molecule has 0 saturated heterocycles. The third-order valence-corrected chi connectivity index (χ3v) is 12.0. The number of hydrogen-bond donors (Lipinski definition) is 4. The number of ether oxygens (including phenoxy) is 3. The lowest BCUT2D eigenvalue weighted by Crippen LogP contribution is -2.20. The van der Waals surface area contributed by atoms with Crippen molar-refractivity contribution in [3.05, 3.63) is 0 Å². The van der Waals surface area contributed by atoms with E-state index in [2.05, 4.69) is 20.8 Å². The minimum Gasteiger partial charge on any atom is -0.390 e. The van der Waals surface area contributed by atoms with Gasteiger partial charge in [0.15, 0.2) is 0 Å². The highest BCUT2D eigenvalue weighted by molar-refractivity contribution is 7.75. The summed E-state index contributed by atoms with van der Waals surface area (Å²) in [4.78, 5) is 21.6. The molecule has 0 amide bonds. The average molecular weight is 590 g/mol. The minimum absolute atomic E-state index is 0.193. The number of unbranched alkanes of at least 4 members (excludes halogenated alkanes) is 12. The maximum Gasteiger partial charge on any atom is 0.466 e. The van der Waals surface area contributed by atoms with Crippen molar-refractivity contribution in [3.8, 4) is 0 Å². The molecule has 4 N–H and O–H groups in total. The first kappa shape index (κ1) is 40.5. The zero-order valence-corrected chi connectivity index (χ0v) is 26.9. The van der Waals surface area contributed by atoms with E-state index >= 15 is 0 Å². The number of aliphatic hydroxyl groups excluding tert-OH is 1. The van der Waals surface area contributed by atoms with Crippen molar-refractivity contribution in [1.82, 2.24) is 0 Å².